The Labute approximate surface area is 152 Å². The van der Waals surface area contributed by atoms with Crippen LogP contribution < -0.4 is 9.64 Å². The molecule has 1 amide bonds. The molecule has 0 radical (unpaired) electrons. The fraction of sp³-hybridized carbons (Fsp3) is 0.556. The van der Waals surface area contributed by atoms with Crippen LogP contribution in [0, 0.1) is 0 Å². The minimum atomic E-state index is -0.943. The fourth-order valence-corrected chi connectivity index (χ4v) is 3.33. The van der Waals surface area contributed by atoms with E-state index in [-0.39, 0.29) is 18.9 Å². The van der Waals surface area contributed by atoms with Gasteiger partial charge >= 0.3 is 5.97 Å². The van der Waals surface area contributed by atoms with Gasteiger partial charge < -0.3 is 29.1 Å². The summed E-state index contributed by atoms with van der Waals surface area (Å²) in [5.74, 6) is -0.425. The third kappa shape index (κ3) is 4.08. The van der Waals surface area contributed by atoms with Crippen molar-refractivity contribution in [3.63, 3.8) is 0 Å². The highest BCUT2D eigenvalue weighted by atomic mass is 16.5. The molecule has 1 N–H and O–H groups in total. The van der Waals surface area contributed by atoms with Gasteiger partial charge in [0.1, 0.15) is 5.75 Å². The van der Waals surface area contributed by atoms with Gasteiger partial charge in [0.15, 0.2) is 0 Å². The van der Waals surface area contributed by atoms with Crippen LogP contribution in [-0.4, -0.2) is 81.1 Å². The van der Waals surface area contributed by atoms with Gasteiger partial charge in [0.05, 0.1) is 51.7 Å². The van der Waals surface area contributed by atoms with E-state index in [1.54, 1.807) is 24.1 Å². The average molecular weight is 364 g/mol. The number of rotatable bonds is 5. The van der Waals surface area contributed by atoms with Crippen molar-refractivity contribution in [2.24, 2.45) is 0 Å². The van der Waals surface area contributed by atoms with Crippen molar-refractivity contribution in [1.29, 1.82) is 0 Å². The van der Waals surface area contributed by atoms with Crippen LogP contribution in [0.4, 0.5) is 5.69 Å². The maximum atomic E-state index is 13.0. The van der Waals surface area contributed by atoms with Crippen LogP contribution in [0.2, 0.25) is 0 Å². The van der Waals surface area contributed by atoms with Gasteiger partial charge in [0.25, 0.3) is 5.91 Å². The summed E-state index contributed by atoms with van der Waals surface area (Å²) in [6.45, 7) is 3.76. The Morgan fingerprint density at radius 2 is 1.92 bits per heavy atom. The van der Waals surface area contributed by atoms with Crippen molar-refractivity contribution in [1.82, 2.24) is 4.90 Å². The number of benzene rings is 1. The Morgan fingerprint density at radius 3 is 2.62 bits per heavy atom. The SMILES string of the molecule is COc1ccc(C(=O)N2CCOCC2CC(=O)O)cc1N1CCOCC1. The fourth-order valence-electron chi connectivity index (χ4n) is 3.33. The standard InChI is InChI=1S/C18H24N2O6/c1-24-16-3-2-13(10-15(16)19-4-7-25-8-5-19)18(23)20-6-9-26-12-14(20)11-17(21)22/h2-3,10,14H,4-9,11-12H2,1H3,(H,21,22). The Balaban J connectivity index is 1.85. The minimum Gasteiger partial charge on any atom is -0.495 e. The van der Waals surface area contributed by atoms with Crippen LogP contribution in [0.5, 0.6) is 5.75 Å². The van der Waals surface area contributed by atoms with Crippen molar-refractivity contribution in [2.45, 2.75) is 12.5 Å². The largest absolute Gasteiger partial charge is 0.495 e. The monoisotopic (exact) mass is 364 g/mol. The highest BCUT2D eigenvalue weighted by Gasteiger charge is 2.30. The summed E-state index contributed by atoms with van der Waals surface area (Å²) in [4.78, 5) is 27.8. The Morgan fingerprint density at radius 1 is 1.19 bits per heavy atom. The Hall–Kier alpha value is -2.32. The lowest BCUT2D eigenvalue weighted by Gasteiger charge is -2.35. The van der Waals surface area contributed by atoms with Crippen LogP contribution >= 0.6 is 0 Å². The molecule has 2 heterocycles. The van der Waals surface area contributed by atoms with E-state index in [1.165, 1.54) is 0 Å². The van der Waals surface area contributed by atoms with Gasteiger partial charge in [0.2, 0.25) is 0 Å². The second-order valence-electron chi connectivity index (χ2n) is 6.31. The number of hydrogen-bond donors (Lipinski definition) is 1. The summed E-state index contributed by atoms with van der Waals surface area (Å²) in [5, 5.41) is 9.09. The van der Waals surface area contributed by atoms with E-state index in [0.717, 1.165) is 18.8 Å². The molecule has 1 aromatic rings. The number of carbonyl (C=O) groups excluding carboxylic acids is 1. The molecule has 26 heavy (non-hydrogen) atoms. The molecule has 2 saturated heterocycles. The third-order valence-electron chi connectivity index (χ3n) is 4.68. The maximum Gasteiger partial charge on any atom is 0.305 e. The first-order valence-electron chi connectivity index (χ1n) is 8.71. The molecule has 2 aliphatic heterocycles. The van der Waals surface area contributed by atoms with Gasteiger partial charge in [-0.2, -0.15) is 0 Å². The first kappa shape index (κ1) is 18.5. The summed E-state index contributed by atoms with van der Waals surface area (Å²) >= 11 is 0. The van der Waals surface area contributed by atoms with Gasteiger partial charge in [-0.25, -0.2) is 0 Å². The quantitative estimate of drug-likeness (QED) is 0.828. The highest BCUT2D eigenvalue weighted by Crippen LogP contribution is 2.31. The Bertz CT molecular complexity index is 659. The molecule has 8 heteroatoms. The van der Waals surface area contributed by atoms with Crippen molar-refractivity contribution >= 4 is 17.6 Å². The predicted octanol–water partition coefficient (Wildman–Crippen LogP) is 0.847. The molecule has 142 valence electrons. The summed E-state index contributed by atoms with van der Waals surface area (Å²) < 4.78 is 16.2. The van der Waals surface area contributed by atoms with Gasteiger partial charge in [-0.15, -0.1) is 0 Å². The van der Waals surface area contributed by atoms with Gasteiger partial charge in [-0.3, -0.25) is 9.59 Å². The molecule has 0 bridgehead atoms. The number of methoxy groups -OCH3 is 1. The lowest BCUT2D eigenvalue weighted by atomic mass is 10.1. The number of aliphatic carboxylic acids is 1. The molecular formula is C18H24N2O6. The topological polar surface area (TPSA) is 88.5 Å². The second kappa shape index (κ2) is 8.37. The molecular weight excluding hydrogens is 340 g/mol. The van der Waals surface area contributed by atoms with E-state index in [0.29, 0.717) is 37.7 Å². The number of hydrogen-bond acceptors (Lipinski definition) is 6. The highest BCUT2D eigenvalue weighted by molar-refractivity contribution is 5.96. The average Bonchev–Trinajstić information content (AvgIpc) is 2.67. The molecule has 3 rings (SSSR count). The molecule has 0 aromatic heterocycles. The number of carboxylic acids is 1. The Kier molecular flexibility index (Phi) is 5.95. The molecule has 2 fully saturated rings. The summed E-state index contributed by atoms with van der Waals surface area (Å²) in [7, 11) is 1.60. The number of anilines is 1. The molecule has 2 aliphatic rings. The van der Waals surface area contributed by atoms with Crippen LogP contribution in [0.15, 0.2) is 18.2 Å². The lowest BCUT2D eigenvalue weighted by molar-refractivity contribution is -0.139. The molecule has 0 spiro atoms. The molecule has 0 aliphatic carbocycles. The smallest absolute Gasteiger partial charge is 0.305 e. The molecule has 1 aromatic carbocycles. The molecule has 1 atom stereocenters. The van der Waals surface area contributed by atoms with Crippen LogP contribution in [-0.2, 0) is 14.3 Å². The van der Waals surface area contributed by atoms with Crippen molar-refractivity contribution in [3.8, 4) is 5.75 Å². The van der Waals surface area contributed by atoms with E-state index in [2.05, 4.69) is 4.90 Å². The normalized spacial score (nSPS) is 20.7. The van der Waals surface area contributed by atoms with Crippen molar-refractivity contribution in [3.05, 3.63) is 23.8 Å². The predicted molar refractivity (Wildman–Crippen MR) is 93.9 cm³/mol. The van der Waals surface area contributed by atoms with E-state index in [9.17, 15) is 9.59 Å². The van der Waals surface area contributed by atoms with Crippen molar-refractivity contribution < 1.29 is 28.9 Å². The minimum absolute atomic E-state index is 0.127. The summed E-state index contributed by atoms with van der Waals surface area (Å²) in [6, 6.07) is 4.87. The van der Waals surface area contributed by atoms with Gasteiger partial charge in [-0.05, 0) is 18.2 Å². The van der Waals surface area contributed by atoms with Gasteiger partial charge in [-0.1, -0.05) is 0 Å². The third-order valence-corrected chi connectivity index (χ3v) is 4.68. The summed E-state index contributed by atoms with van der Waals surface area (Å²) in [6.07, 6.45) is -0.127. The first-order valence-corrected chi connectivity index (χ1v) is 8.71. The number of amides is 1. The lowest BCUT2D eigenvalue weighted by Crippen LogP contribution is -2.49. The van der Waals surface area contributed by atoms with Crippen LogP contribution in [0.25, 0.3) is 0 Å². The number of nitrogens with zero attached hydrogens (tertiary/aromatic N) is 2. The number of ether oxygens (including phenoxy) is 3. The van der Waals surface area contributed by atoms with Crippen LogP contribution in [0.3, 0.4) is 0 Å². The zero-order chi connectivity index (χ0) is 18.5. The van der Waals surface area contributed by atoms with E-state index in [4.69, 9.17) is 19.3 Å². The summed E-state index contributed by atoms with van der Waals surface area (Å²) in [5.41, 5.74) is 1.37. The van der Waals surface area contributed by atoms with E-state index in [1.807, 2.05) is 6.07 Å². The number of carboxylic acid groups (broad SMARTS) is 1. The number of morpholine rings is 2. The number of carbonyl (C=O) groups is 2. The van der Waals surface area contributed by atoms with Crippen LogP contribution in [0.1, 0.15) is 16.8 Å². The van der Waals surface area contributed by atoms with E-state index < -0.39 is 12.0 Å². The van der Waals surface area contributed by atoms with Crippen molar-refractivity contribution in [2.75, 3.05) is 58.1 Å². The molecule has 8 nitrogen and oxygen atoms in total. The first-order chi connectivity index (χ1) is 12.6. The zero-order valence-electron chi connectivity index (χ0n) is 14.8. The second-order valence-corrected chi connectivity index (χ2v) is 6.31. The van der Waals surface area contributed by atoms with Gasteiger partial charge in [0, 0.05) is 25.2 Å². The zero-order valence-corrected chi connectivity index (χ0v) is 14.8. The molecule has 0 saturated carbocycles. The molecule has 1 unspecified atom stereocenters. The maximum absolute atomic E-state index is 13.0. The van der Waals surface area contributed by atoms with E-state index >= 15 is 0 Å².